The molecule has 1 atom stereocenters. The zero-order chi connectivity index (χ0) is 20.8. The number of alkyl halides is 3. The van der Waals surface area contributed by atoms with E-state index >= 15 is 0 Å². The van der Waals surface area contributed by atoms with Crippen LogP contribution in [0.1, 0.15) is 24.5 Å². The van der Waals surface area contributed by atoms with E-state index in [1.165, 1.54) is 6.07 Å². The highest BCUT2D eigenvalue weighted by atomic mass is 19.4. The quantitative estimate of drug-likeness (QED) is 0.775. The van der Waals surface area contributed by atoms with E-state index in [2.05, 4.69) is 27.3 Å². The number of nitrogens with one attached hydrogen (secondary N) is 1. The highest BCUT2D eigenvalue weighted by molar-refractivity contribution is 6.13. The summed E-state index contributed by atoms with van der Waals surface area (Å²) in [4.78, 5) is 9.30. The van der Waals surface area contributed by atoms with Gasteiger partial charge in [-0.3, -0.25) is 4.99 Å². The molecule has 0 amide bonds. The van der Waals surface area contributed by atoms with Crippen LogP contribution in [0.2, 0.25) is 0 Å². The third kappa shape index (κ3) is 3.83. The zero-order valence-electron chi connectivity index (χ0n) is 16.8. The number of hydrogen-bond donors (Lipinski definition) is 1. The summed E-state index contributed by atoms with van der Waals surface area (Å²) < 4.78 is 40.4. The van der Waals surface area contributed by atoms with E-state index in [0.717, 1.165) is 37.9 Å². The SMILES string of the molecule is Cc1cc(C(F)(F)F)cc2c1NC=C(N1CCN(C)CC1)C1=NC(C)CC=NN12. The monoisotopic (exact) mass is 406 g/mol. The average molecular weight is 406 g/mol. The molecule has 3 heterocycles. The fraction of sp³-hybridized carbons (Fsp3) is 0.500. The summed E-state index contributed by atoms with van der Waals surface area (Å²) in [5, 5.41) is 9.32. The number of hydrazone groups is 1. The van der Waals surface area contributed by atoms with Crippen LogP contribution in [-0.4, -0.2) is 61.1 Å². The molecular weight excluding hydrogens is 381 g/mol. The Labute approximate surface area is 168 Å². The summed E-state index contributed by atoms with van der Waals surface area (Å²) in [5.74, 6) is 0.584. The molecule has 29 heavy (non-hydrogen) atoms. The molecule has 9 heteroatoms. The molecule has 1 aromatic rings. The number of aliphatic imine (C=N–C) groups is 1. The first-order chi connectivity index (χ1) is 13.7. The lowest BCUT2D eigenvalue weighted by Gasteiger charge is -2.36. The third-order valence-corrected chi connectivity index (χ3v) is 5.48. The predicted molar refractivity (Wildman–Crippen MR) is 109 cm³/mol. The van der Waals surface area contributed by atoms with Gasteiger partial charge in [0.05, 0.1) is 28.7 Å². The Morgan fingerprint density at radius 1 is 1.14 bits per heavy atom. The van der Waals surface area contributed by atoms with Gasteiger partial charge in [0.25, 0.3) is 0 Å². The van der Waals surface area contributed by atoms with Gasteiger partial charge in [0.1, 0.15) is 0 Å². The number of hydrogen-bond acceptors (Lipinski definition) is 6. The Balaban J connectivity index is 1.84. The maximum absolute atomic E-state index is 13.5. The van der Waals surface area contributed by atoms with Crippen molar-refractivity contribution in [3.63, 3.8) is 0 Å². The van der Waals surface area contributed by atoms with Crippen LogP contribution < -0.4 is 10.3 Å². The number of benzene rings is 1. The van der Waals surface area contributed by atoms with Crippen LogP contribution in [0.15, 0.2) is 34.1 Å². The molecule has 1 N–H and O–H groups in total. The molecule has 3 aliphatic heterocycles. The van der Waals surface area contributed by atoms with Gasteiger partial charge in [-0.25, -0.2) is 5.01 Å². The smallest absolute Gasteiger partial charge is 0.365 e. The number of piperazine rings is 1. The van der Waals surface area contributed by atoms with Gasteiger partial charge in [0, 0.05) is 45.0 Å². The first-order valence-electron chi connectivity index (χ1n) is 9.77. The number of aryl methyl sites for hydroxylation is 1. The van der Waals surface area contributed by atoms with Gasteiger partial charge in [-0.05, 0) is 38.6 Å². The van der Waals surface area contributed by atoms with E-state index < -0.39 is 11.7 Å². The fourth-order valence-electron chi connectivity index (χ4n) is 3.78. The molecule has 0 aromatic heterocycles. The summed E-state index contributed by atoms with van der Waals surface area (Å²) in [6, 6.07) is 2.31. The van der Waals surface area contributed by atoms with E-state index in [0.29, 0.717) is 29.2 Å². The summed E-state index contributed by atoms with van der Waals surface area (Å²) >= 11 is 0. The van der Waals surface area contributed by atoms with Crippen LogP contribution in [0.25, 0.3) is 0 Å². The second-order valence-electron chi connectivity index (χ2n) is 7.80. The number of anilines is 2. The minimum Gasteiger partial charge on any atom is -0.365 e. The molecule has 1 aromatic carbocycles. The maximum atomic E-state index is 13.5. The lowest BCUT2D eigenvalue weighted by Crippen LogP contribution is -2.47. The Kier molecular flexibility index (Phi) is 5.02. The van der Waals surface area contributed by atoms with E-state index in [4.69, 9.17) is 4.99 Å². The number of fused-ring (bicyclic) bond motifs is 3. The molecule has 1 unspecified atom stereocenters. The van der Waals surface area contributed by atoms with E-state index in [1.807, 2.05) is 13.1 Å². The summed E-state index contributed by atoms with van der Waals surface area (Å²) in [6.45, 7) is 7.12. The van der Waals surface area contributed by atoms with Crippen LogP contribution in [0.4, 0.5) is 24.5 Å². The number of rotatable bonds is 1. The van der Waals surface area contributed by atoms with Gasteiger partial charge in [-0.15, -0.1) is 0 Å². The van der Waals surface area contributed by atoms with Crippen LogP contribution in [0, 0.1) is 6.92 Å². The van der Waals surface area contributed by atoms with Crippen LogP contribution in [-0.2, 0) is 6.18 Å². The lowest BCUT2D eigenvalue weighted by atomic mass is 10.1. The molecule has 0 aliphatic carbocycles. The van der Waals surface area contributed by atoms with Crippen LogP contribution in [0.3, 0.4) is 0 Å². The van der Waals surface area contributed by atoms with Gasteiger partial charge in [-0.1, -0.05) is 0 Å². The molecule has 0 bridgehead atoms. The molecule has 1 fully saturated rings. The lowest BCUT2D eigenvalue weighted by molar-refractivity contribution is -0.137. The molecule has 0 spiro atoms. The van der Waals surface area contributed by atoms with E-state index in [-0.39, 0.29) is 6.04 Å². The Hall–Kier alpha value is -2.55. The Morgan fingerprint density at radius 2 is 1.86 bits per heavy atom. The van der Waals surface area contributed by atoms with Crippen molar-refractivity contribution in [1.82, 2.24) is 9.80 Å². The van der Waals surface area contributed by atoms with Gasteiger partial charge in [0.2, 0.25) is 0 Å². The van der Waals surface area contributed by atoms with Crippen molar-refractivity contribution in [2.24, 2.45) is 10.1 Å². The number of halogens is 3. The van der Waals surface area contributed by atoms with Crippen molar-refractivity contribution in [1.29, 1.82) is 0 Å². The van der Waals surface area contributed by atoms with Crippen LogP contribution in [0.5, 0.6) is 0 Å². The normalized spacial score (nSPS) is 22.8. The van der Waals surface area contributed by atoms with E-state index in [9.17, 15) is 13.2 Å². The molecule has 0 saturated carbocycles. The van der Waals surface area contributed by atoms with Gasteiger partial charge >= 0.3 is 6.18 Å². The molecule has 1 saturated heterocycles. The molecule has 156 valence electrons. The average Bonchev–Trinajstić information content (AvgIpc) is 2.92. The number of nitrogens with zero attached hydrogens (tertiary/aromatic N) is 5. The second-order valence-corrected chi connectivity index (χ2v) is 7.80. The molecule has 3 aliphatic rings. The van der Waals surface area contributed by atoms with Crippen molar-refractivity contribution in [2.75, 3.05) is 43.6 Å². The fourth-order valence-corrected chi connectivity index (χ4v) is 3.78. The topological polar surface area (TPSA) is 46.5 Å². The molecule has 4 rings (SSSR count). The highest BCUT2D eigenvalue weighted by Gasteiger charge is 2.35. The van der Waals surface area contributed by atoms with Gasteiger partial charge in [-0.2, -0.15) is 18.3 Å². The molecular formula is C20H25F3N6. The Morgan fingerprint density at radius 3 is 2.55 bits per heavy atom. The predicted octanol–water partition coefficient (Wildman–Crippen LogP) is 3.51. The Bertz CT molecular complexity index is 881. The van der Waals surface area contributed by atoms with Crippen molar-refractivity contribution >= 4 is 23.4 Å². The summed E-state index contributed by atoms with van der Waals surface area (Å²) in [5.41, 5.74) is 1.65. The second kappa shape index (κ2) is 7.37. The van der Waals surface area contributed by atoms with Gasteiger partial charge in [0.15, 0.2) is 5.84 Å². The van der Waals surface area contributed by atoms with Gasteiger partial charge < -0.3 is 15.1 Å². The summed E-state index contributed by atoms with van der Waals surface area (Å²) in [7, 11) is 2.08. The highest BCUT2D eigenvalue weighted by Crippen LogP contribution is 2.40. The van der Waals surface area contributed by atoms with Crippen molar-refractivity contribution in [3.05, 3.63) is 35.2 Å². The third-order valence-electron chi connectivity index (χ3n) is 5.48. The molecule has 6 nitrogen and oxygen atoms in total. The van der Waals surface area contributed by atoms with Crippen LogP contribution >= 0.6 is 0 Å². The number of likely N-dealkylation sites (N-methyl/N-ethyl adjacent to an activating group) is 1. The first-order valence-corrected chi connectivity index (χ1v) is 9.77. The first kappa shape index (κ1) is 19.8. The van der Waals surface area contributed by atoms with E-state index in [1.54, 1.807) is 18.1 Å². The standard InChI is InChI=1S/C20H25F3N6/c1-13-10-15(20(21,22)23)11-16-18(13)24-12-17(28-8-6-27(3)7-9-28)19-26-14(2)4-5-25-29(16)19/h5,10-12,14,24H,4,6-9H2,1-3H3. The summed E-state index contributed by atoms with van der Waals surface area (Å²) in [6.07, 6.45) is -0.207. The maximum Gasteiger partial charge on any atom is 0.416 e. The van der Waals surface area contributed by atoms with Crippen molar-refractivity contribution < 1.29 is 13.2 Å². The minimum atomic E-state index is -4.43. The van der Waals surface area contributed by atoms with Crippen molar-refractivity contribution in [2.45, 2.75) is 32.5 Å². The zero-order valence-corrected chi connectivity index (χ0v) is 16.8. The molecule has 0 radical (unpaired) electrons. The number of amidine groups is 1. The largest absolute Gasteiger partial charge is 0.416 e. The minimum absolute atomic E-state index is 0.0111. The van der Waals surface area contributed by atoms with Crippen molar-refractivity contribution in [3.8, 4) is 0 Å².